The Hall–Kier alpha value is -2.44. The van der Waals surface area contributed by atoms with E-state index in [2.05, 4.69) is 53.1 Å². The normalized spacial score (nSPS) is 21.3. The number of nitrogens with zero attached hydrogens (tertiary/aromatic N) is 3. The maximum absolute atomic E-state index is 9.40. The summed E-state index contributed by atoms with van der Waals surface area (Å²) in [6, 6.07) is 11.4. The number of ether oxygens (including phenoxy) is 2. The highest BCUT2D eigenvalue weighted by molar-refractivity contribution is 6.32. The fourth-order valence-electron chi connectivity index (χ4n) is 5.54. The zero-order valence-corrected chi connectivity index (χ0v) is 23.2. The van der Waals surface area contributed by atoms with Crippen LogP contribution in [-0.4, -0.2) is 55.2 Å². The van der Waals surface area contributed by atoms with E-state index in [1.165, 1.54) is 36.1 Å². The predicted molar refractivity (Wildman–Crippen MR) is 147 cm³/mol. The van der Waals surface area contributed by atoms with E-state index in [4.69, 9.17) is 21.1 Å². The Labute approximate surface area is 220 Å². The van der Waals surface area contributed by atoms with E-state index < -0.39 is 0 Å². The van der Waals surface area contributed by atoms with Crippen molar-refractivity contribution in [2.45, 2.75) is 66.0 Å². The first kappa shape index (κ1) is 26.6. The Morgan fingerprint density at radius 3 is 2.56 bits per heavy atom. The number of fused-ring (bicyclic) bond motifs is 1. The van der Waals surface area contributed by atoms with E-state index in [0.29, 0.717) is 22.8 Å². The van der Waals surface area contributed by atoms with Crippen LogP contribution in [0.25, 0.3) is 0 Å². The van der Waals surface area contributed by atoms with Gasteiger partial charge in [0.2, 0.25) is 0 Å². The molecule has 0 spiro atoms. The average molecular weight is 514 g/mol. The minimum Gasteiger partial charge on any atom is -0.495 e. The molecule has 2 aliphatic heterocycles. The number of anilines is 1. The minimum atomic E-state index is -0.242. The second kappa shape index (κ2) is 10.9. The number of hydrogen-bond donors (Lipinski definition) is 1. The number of methoxy groups -OCH3 is 1. The average Bonchev–Trinajstić information content (AvgIpc) is 2.86. The molecule has 0 saturated carbocycles. The summed E-state index contributed by atoms with van der Waals surface area (Å²) in [5.41, 5.74) is 5.42. The molecule has 36 heavy (non-hydrogen) atoms. The lowest BCUT2D eigenvalue weighted by molar-refractivity contribution is 0.0712. The Balaban J connectivity index is 1.49. The highest BCUT2D eigenvalue weighted by Crippen LogP contribution is 2.40. The minimum absolute atomic E-state index is 0.242. The van der Waals surface area contributed by atoms with Crippen LogP contribution in [-0.2, 0) is 0 Å². The van der Waals surface area contributed by atoms with E-state index >= 15 is 0 Å². The van der Waals surface area contributed by atoms with Gasteiger partial charge < -0.3 is 19.6 Å². The van der Waals surface area contributed by atoms with Crippen LogP contribution in [0.3, 0.4) is 0 Å². The molecule has 0 amide bonds. The molecule has 4 rings (SSSR count). The zero-order valence-electron chi connectivity index (χ0n) is 22.5. The highest BCUT2D eigenvalue weighted by atomic mass is 35.5. The monoisotopic (exact) mass is 513 g/mol. The fourth-order valence-corrected chi connectivity index (χ4v) is 5.73. The first-order valence-electron chi connectivity index (χ1n) is 12.9. The molecule has 0 radical (unpaired) electrons. The molecule has 0 bridgehead atoms. The van der Waals surface area contributed by atoms with Crippen molar-refractivity contribution in [2.75, 3.05) is 38.3 Å². The fraction of sp³-hybridized carbons (Fsp3) is 0.552. The summed E-state index contributed by atoms with van der Waals surface area (Å²) in [6.45, 7) is 13.7. The van der Waals surface area contributed by atoms with Crippen LogP contribution >= 0.6 is 11.6 Å². The molecule has 2 aromatic rings. The van der Waals surface area contributed by atoms with Gasteiger partial charge in [-0.15, -0.1) is 0 Å². The van der Waals surface area contributed by atoms with Gasteiger partial charge in [-0.05, 0) is 68.0 Å². The molecular weight excluding hydrogens is 474 g/mol. The second-order valence-corrected chi connectivity index (χ2v) is 11.5. The van der Waals surface area contributed by atoms with Crippen LogP contribution in [0.5, 0.6) is 11.5 Å². The van der Waals surface area contributed by atoms with Crippen molar-refractivity contribution in [3.05, 3.63) is 52.0 Å². The van der Waals surface area contributed by atoms with E-state index in [1.807, 2.05) is 26.8 Å². The van der Waals surface area contributed by atoms with Crippen molar-refractivity contribution in [2.24, 2.45) is 10.6 Å². The number of rotatable bonds is 6. The summed E-state index contributed by atoms with van der Waals surface area (Å²) < 4.78 is 11.6. The van der Waals surface area contributed by atoms with E-state index in [0.717, 1.165) is 36.7 Å². The van der Waals surface area contributed by atoms with Crippen molar-refractivity contribution in [3.8, 4) is 11.5 Å². The molecule has 0 unspecified atom stereocenters. The predicted octanol–water partition coefficient (Wildman–Crippen LogP) is 6.64. The van der Waals surface area contributed by atoms with Gasteiger partial charge in [0.05, 0.1) is 17.8 Å². The number of piperazine rings is 1. The third-order valence-electron chi connectivity index (χ3n) is 7.93. The number of oxime groups is 1. The molecule has 2 atom stereocenters. The van der Waals surface area contributed by atoms with Gasteiger partial charge in [-0.3, -0.25) is 4.90 Å². The van der Waals surface area contributed by atoms with Gasteiger partial charge in [-0.2, -0.15) is 0 Å². The molecule has 6 nitrogen and oxygen atoms in total. The lowest BCUT2D eigenvalue weighted by Crippen LogP contribution is -2.56. The van der Waals surface area contributed by atoms with Gasteiger partial charge in [-0.25, -0.2) is 0 Å². The van der Waals surface area contributed by atoms with Crippen LogP contribution in [0.1, 0.15) is 62.8 Å². The van der Waals surface area contributed by atoms with Gasteiger partial charge in [0, 0.05) is 48.9 Å². The molecule has 2 saturated heterocycles. The quantitative estimate of drug-likeness (QED) is 0.266. The summed E-state index contributed by atoms with van der Waals surface area (Å²) in [5, 5.41) is 13.5. The molecule has 1 N–H and O–H groups in total. The molecule has 2 heterocycles. The largest absolute Gasteiger partial charge is 0.495 e. The first-order chi connectivity index (χ1) is 17.1. The number of halogens is 1. The third kappa shape index (κ3) is 5.45. The maximum Gasteiger partial charge on any atom is 0.139 e. The van der Waals surface area contributed by atoms with Crippen molar-refractivity contribution < 1.29 is 14.7 Å². The Bertz CT molecular complexity index is 1110. The lowest BCUT2D eigenvalue weighted by atomic mass is 9.86. The molecule has 0 aromatic heterocycles. The third-order valence-corrected chi connectivity index (χ3v) is 8.24. The zero-order chi connectivity index (χ0) is 26.0. The van der Waals surface area contributed by atoms with Crippen LogP contribution in [0.4, 0.5) is 5.69 Å². The molecule has 2 aromatic carbocycles. The van der Waals surface area contributed by atoms with E-state index in [9.17, 15) is 5.21 Å². The topological polar surface area (TPSA) is 57.5 Å². The molecule has 0 aliphatic carbocycles. The summed E-state index contributed by atoms with van der Waals surface area (Å²) in [5.74, 6) is 1.59. The van der Waals surface area contributed by atoms with Crippen molar-refractivity contribution in [1.29, 1.82) is 0 Å². The standard InChI is InChI=1S/C29H40ClN3O3/c1-19-20(2)26(36-18-28(31-34)29(3,4)5)13-11-23(19)25-9-7-8-22-17-32(14-15-33(22)25)21-10-12-24(30)27(16-21)35-6/h10-13,16,22,25,34H,7-9,14-15,17-18H2,1-6H3/t22-,25+/m0/s1. The molecule has 7 heteroatoms. The van der Waals surface area contributed by atoms with E-state index in [1.54, 1.807) is 7.11 Å². The maximum atomic E-state index is 9.40. The summed E-state index contributed by atoms with van der Waals surface area (Å²) in [7, 11) is 1.67. The number of benzene rings is 2. The molecular formula is C29H40ClN3O3. The van der Waals surface area contributed by atoms with Gasteiger partial charge in [0.25, 0.3) is 0 Å². The molecule has 196 valence electrons. The Morgan fingerprint density at radius 2 is 1.86 bits per heavy atom. The van der Waals surface area contributed by atoms with Crippen molar-refractivity contribution in [1.82, 2.24) is 4.90 Å². The summed E-state index contributed by atoms with van der Waals surface area (Å²) in [4.78, 5) is 5.18. The van der Waals surface area contributed by atoms with Gasteiger partial charge in [-0.1, -0.05) is 43.6 Å². The highest BCUT2D eigenvalue weighted by Gasteiger charge is 2.36. The summed E-state index contributed by atoms with van der Waals surface area (Å²) >= 11 is 6.26. The van der Waals surface area contributed by atoms with Gasteiger partial charge >= 0.3 is 0 Å². The van der Waals surface area contributed by atoms with Crippen LogP contribution in [0.2, 0.25) is 5.02 Å². The Morgan fingerprint density at radius 1 is 1.08 bits per heavy atom. The van der Waals surface area contributed by atoms with Crippen LogP contribution in [0, 0.1) is 19.3 Å². The Kier molecular flexibility index (Phi) is 8.06. The number of piperidine rings is 1. The molecule has 2 fully saturated rings. The molecule has 2 aliphatic rings. The smallest absolute Gasteiger partial charge is 0.139 e. The lowest BCUT2D eigenvalue weighted by Gasteiger charge is -2.49. The number of hydrogen-bond acceptors (Lipinski definition) is 6. The van der Waals surface area contributed by atoms with Crippen LogP contribution < -0.4 is 14.4 Å². The SMILES string of the molecule is COc1cc(N2CCN3[C@@H](CCC[C@@H]3c3ccc(OCC(=NO)C(C)(C)C)c(C)c3C)C2)ccc1Cl. The van der Waals surface area contributed by atoms with Gasteiger partial charge in [0.1, 0.15) is 18.1 Å². The van der Waals surface area contributed by atoms with Crippen LogP contribution in [0.15, 0.2) is 35.5 Å². The van der Waals surface area contributed by atoms with Gasteiger partial charge in [0.15, 0.2) is 0 Å². The van der Waals surface area contributed by atoms with Crippen molar-refractivity contribution >= 4 is 23.0 Å². The first-order valence-corrected chi connectivity index (χ1v) is 13.3. The summed E-state index contributed by atoms with van der Waals surface area (Å²) in [6.07, 6.45) is 3.62. The van der Waals surface area contributed by atoms with E-state index in [-0.39, 0.29) is 12.0 Å². The van der Waals surface area contributed by atoms with Crippen molar-refractivity contribution in [3.63, 3.8) is 0 Å². The second-order valence-electron chi connectivity index (χ2n) is 11.1.